The lowest BCUT2D eigenvalue weighted by Gasteiger charge is -2.06. The second-order valence-electron chi connectivity index (χ2n) is 4.32. The quantitative estimate of drug-likeness (QED) is 0.285. The highest BCUT2D eigenvalue weighted by Crippen LogP contribution is 2.12. The Morgan fingerprint density at radius 2 is 1.70 bits per heavy atom. The van der Waals surface area contributed by atoms with Crippen LogP contribution in [0.1, 0.15) is 36.0 Å². The lowest BCUT2D eigenvalue weighted by Crippen LogP contribution is -2.02. The molecule has 0 unspecified atom stereocenters. The molecule has 0 aliphatic carbocycles. The minimum atomic E-state index is -0.368. The van der Waals surface area contributed by atoms with Gasteiger partial charge in [0.15, 0.2) is 0 Å². The van der Waals surface area contributed by atoms with Crippen LogP contribution in [0, 0.1) is 0 Å². The summed E-state index contributed by atoms with van der Waals surface area (Å²) in [6, 6.07) is 7.05. The number of hydrogen-bond acceptors (Lipinski definition) is 4. The van der Waals surface area contributed by atoms with Gasteiger partial charge in [-0.3, -0.25) is 4.79 Å². The molecule has 4 nitrogen and oxygen atoms in total. The normalized spacial score (nSPS) is 9.80. The van der Waals surface area contributed by atoms with Crippen molar-refractivity contribution in [3.63, 3.8) is 0 Å². The fourth-order valence-electron chi connectivity index (χ4n) is 1.62. The maximum Gasteiger partial charge on any atom is 0.330 e. The Bertz CT molecular complexity index is 423. The molecule has 0 spiro atoms. The molecule has 1 aromatic rings. The second kappa shape index (κ2) is 9.78. The molecule has 108 valence electrons. The van der Waals surface area contributed by atoms with Crippen molar-refractivity contribution in [3.05, 3.63) is 42.5 Å². The van der Waals surface area contributed by atoms with Crippen molar-refractivity contribution in [1.29, 1.82) is 0 Å². The lowest BCUT2D eigenvalue weighted by atomic mass is 10.2. The van der Waals surface area contributed by atoms with Gasteiger partial charge in [-0.2, -0.15) is 0 Å². The van der Waals surface area contributed by atoms with Crippen molar-refractivity contribution < 1.29 is 19.1 Å². The first-order chi connectivity index (χ1) is 9.76. The summed E-state index contributed by atoms with van der Waals surface area (Å²) in [5, 5.41) is 0. The van der Waals surface area contributed by atoms with E-state index in [0.29, 0.717) is 18.8 Å². The molecule has 0 aromatic heterocycles. The van der Waals surface area contributed by atoms with E-state index in [0.717, 1.165) is 37.7 Å². The molecule has 1 rings (SSSR count). The van der Waals surface area contributed by atoms with E-state index < -0.39 is 0 Å². The zero-order valence-corrected chi connectivity index (χ0v) is 11.5. The third-order valence-electron chi connectivity index (χ3n) is 2.73. The zero-order chi connectivity index (χ0) is 14.6. The van der Waals surface area contributed by atoms with Crippen molar-refractivity contribution in [2.24, 2.45) is 0 Å². The van der Waals surface area contributed by atoms with Crippen LogP contribution < -0.4 is 4.74 Å². The van der Waals surface area contributed by atoms with Gasteiger partial charge in [-0.25, -0.2) is 4.79 Å². The first kappa shape index (κ1) is 16.0. The molecule has 1 aromatic carbocycles. The van der Waals surface area contributed by atoms with Crippen LogP contribution in [0.5, 0.6) is 5.75 Å². The molecule has 0 N–H and O–H groups in total. The van der Waals surface area contributed by atoms with E-state index in [9.17, 15) is 9.59 Å². The predicted molar refractivity (Wildman–Crippen MR) is 76.9 cm³/mol. The topological polar surface area (TPSA) is 52.6 Å². The molecule has 0 amide bonds. The molecule has 0 fully saturated rings. The maximum atomic E-state index is 10.8. The third kappa shape index (κ3) is 6.73. The smallest absolute Gasteiger partial charge is 0.330 e. The van der Waals surface area contributed by atoms with E-state index in [1.165, 1.54) is 6.08 Å². The number of unbranched alkanes of at least 4 members (excludes halogenated alkanes) is 3. The van der Waals surface area contributed by atoms with Gasteiger partial charge in [-0.15, -0.1) is 0 Å². The Balaban J connectivity index is 2.00. The Kier molecular flexibility index (Phi) is 7.80. The maximum absolute atomic E-state index is 10.8. The largest absolute Gasteiger partial charge is 0.494 e. The Labute approximate surface area is 119 Å². The summed E-state index contributed by atoms with van der Waals surface area (Å²) < 4.78 is 10.4. The van der Waals surface area contributed by atoms with Crippen molar-refractivity contribution in [3.8, 4) is 5.75 Å². The summed E-state index contributed by atoms with van der Waals surface area (Å²) in [7, 11) is 0. The van der Waals surface area contributed by atoms with Gasteiger partial charge in [-0.1, -0.05) is 6.58 Å². The van der Waals surface area contributed by atoms with Crippen LogP contribution in [-0.4, -0.2) is 25.5 Å². The Hall–Kier alpha value is -2.10. The standard InChI is InChI=1S/C16H20O4/c1-2-16(18)20-12-6-4-3-5-11-19-15-9-7-14(13-17)8-10-15/h2,7-10,13H,1,3-6,11-12H2. The highest BCUT2D eigenvalue weighted by Gasteiger charge is 1.97. The number of hydrogen-bond donors (Lipinski definition) is 0. The van der Waals surface area contributed by atoms with E-state index in [-0.39, 0.29) is 5.97 Å². The van der Waals surface area contributed by atoms with Crippen LogP contribution in [0.25, 0.3) is 0 Å². The van der Waals surface area contributed by atoms with Gasteiger partial charge in [0.25, 0.3) is 0 Å². The summed E-state index contributed by atoms with van der Waals surface area (Å²) in [4.78, 5) is 21.3. The molecule has 0 saturated heterocycles. The molecule has 0 saturated carbocycles. The van der Waals surface area contributed by atoms with Gasteiger partial charge in [0.1, 0.15) is 12.0 Å². The average Bonchev–Trinajstić information content (AvgIpc) is 2.50. The van der Waals surface area contributed by atoms with Gasteiger partial charge in [0.05, 0.1) is 13.2 Å². The number of carbonyl (C=O) groups excluding carboxylic acids is 2. The van der Waals surface area contributed by atoms with E-state index in [1.807, 2.05) is 0 Å². The van der Waals surface area contributed by atoms with Crippen LogP contribution in [0.3, 0.4) is 0 Å². The molecular weight excluding hydrogens is 256 g/mol. The summed E-state index contributed by atoms with van der Waals surface area (Å²) in [5.74, 6) is 0.405. The van der Waals surface area contributed by atoms with Crippen LogP contribution in [0.15, 0.2) is 36.9 Å². The van der Waals surface area contributed by atoms with E-state index >= 15 is 0 Å². The van der Waals surface area contributed by atoms with Crippen LogP contribution >= 0.6 is 0 Å². The molecule has 0 aliphatic heterocycles. The number of ether oxygens (including phenoxy) is 2. The SMILES string of the molecule is C=CC(=O)OCCCCCCOc1ccc(C=O)cc1. The number of rotatable bonds is 10. The second-order valence-corrected chi connectivity index (χ2v) is 4.32. The molecule has 20 heavy (non-hydrogen) atoms. The number of aldehydes is 1. The van der Waals surface area contributed by atoms with Crippen LogP contribution in [0.2, 0.25) is 0 Å². The monoisotopic (exact) mass is 276 g/mol. The van der Waals surface area contributed by atoms with Crippen molar-refractivity contribution in [2.45, 2.75) is 25.7 Å². The number of esters is 1. The number of benzene rings is 1. The van der Waals surface area contributed by atoms with Gasteiger partial charge < -0.3 is 9.47 Å². The molecule has 4 heteroatoms. The highest BCUT2D eigenvalue weighted by atomic mass is 16.5. The molecule has 0 aliphatic rings. The van der Waals surface area contributed by atoms with Crippen molar-refractivity contribution in [2.75, 3.05) is 13.2 Å². The molecule has 0 radical (unpaired) electrons. The summed E-state index contributed by atoms with van der Waals surface area (Å²) in [6.45, 7) is 4.42. The molecule has 0 heterocycles. The minimum Gasteiger partial charge on any atom is -0.494 e. The Morgan fingerprint density at radius 1 is 1.05 bits per heavy atom. The van der Waals surface area contributed by atoms with E-state index in [2.05, 4.69) is 6.58 Å². The van der Waals surface area contributed by atoms with Gasteiger partial charge in [-0.05, 0) is 49.9 Å². The van der Waals surface area contributed by atoms with Crippen molar-refractivity contribution in [1.82, 2.24) is 0 Å². The highest BCUT2D eigenvalue weighted by molar-refractivity contribution is 5.81. The predicted octanol–water partition coefficient (Wildman–Crippen LogP) is 3.17. The van der Waals surface area contributed by atoms with Gasteiger partial charge in [0, 0.05) is 11.6 Å². The minimum absolute atomic E-state index is 0.368. The average molecular weight is 276 g/mol. The fourth-order valence-corrected chi connectivity index (χ4v) is 1.62. The zero-order valence-electron chi connectivity index (χ0n) is 11.5. The molecule has 0 atom stereocenters. The Morgan fingerprint density at radius 3 is 2.30 bits per heavy atom. The number of carbonyl (C=O) groups is 2. The van der Waals surface area contributed by atoms with E-state index in [4.69, 9.17) is 9.47 Å². The lowest BCUT2D eigenvalue weighted by molar-refractivity contribution is -0.137. The van der Waals surface area contributed by atoms with Crippen LogP contribution in [-0.2, 0) is 9.53 Å². The third-order valence-corrected chi connectivity index (χ3v) is 2.73. The summed E-state index contributed by atoms with van der Waals surface area (Å²) >= 11 is 0. The van der Waals surface area contributed by atoms with Crippen molar-refractivity contribution >= 4 is 12.3 Å². The van der Waals surface area contributed by atoms with Crippen LogP contribution in [0.4, 0.5) is 0 Å². The summed E-state index contributed by atoms with van der Waals surface area (Å²) in [6.07, 6.45) is 5.81. The van der Waals surface area contributed by atoms with E-state index in [1.54, 1.807) is 24.3 Å². The first-order valence-corrected chi connectivity index (χ1v) is 6.73. The van der Waals surface area contributed by atoms with Gasteiger partial charge in [0.2, 0.25) is 0 Å². The summed E-state index contributed by atoms with van der Waals surface area (Å²) in [5.41, 5.74) is 0.645. The molecular formula is C16H20O4. The first-order valence-electron chi connectivity index (χ1n) is 6.73. The molecule has 0 bridgehead atoms. The fraction of sp³-hybridized carbons (Fsp3) is 0.375. The van der Waals surface area contributed by atoms with Gasteiger partial charge >= 0.3 is 5.97 Å².